The van der Waals surface area contributed by atoms with Crippen LogP contribution in [-0.2, 0) is 4.74 Å². The molecule has 0 radical (unpaired) electrons. The molecule has 0 N–H and O–H groups in total. The number of carbonyl (C=O) groups is 1. The minimum absolute atomic E-state index is 0.0150. The number of carbonyl (C=O) groups excluding carboxylic acids is 1. The van der Waals surface area contributed by atoms with Gasteiger partial charge in [0.25, 0.3) is 11.6 Å². The Morgan fingerprint density at radius 1 is 1.70 bits per heavy atom. The third-order valence-electron chi connectivity index (χ3n) is 2.47. The fourth-order valence-corrected chi connectivity index (χ4v) is 1.67. The maximum atomic E-state index is 12.3. The fourth-order valence-electron chi connectivity index (χ4n) is 1.49. The van der Waals surface area contributed by atoms with Crippen molar-refractivity contribution in [3.8, 4) is 0 Å². The molecule has 7 nitrogen and oxygen atoms in total. The van der Waals surface area contributed by atoms with E-state index >= 15 is 0 Å². The highest BCUT2D eigenvalue weighted by atomic mass is 35.5. The summed E-state index contributed by atoms with van der Waals surface area (Å²) in [7, 11) is 1.51. The highest BCUT2D eigenvalue weighted by Gasteiger charge is 2.21. The van der Waals surface area contributed by atoms with Crippen molar-refractivity contribution < 1.29 is 14.5 Å². The summed E-state index contributed by atoms with van der Waals surface area (Å²) in [6, 6.07) is 1.11. The van der Waals surface area contributed by atoms with E-state index in [9.17, 15) is 14.9 Å². The van der Waals surface area contributed by atoms with E-state index in [4.69, 9.17) is 16.3 Å². The molecule has 1 aromatic heterocycles. The molecular formula is C12H14ClN3O4. The van der Waals surface area contributed by atoms with Gasteiger partial charge in [-0.1, -0.05) is 17.7 Å². The van der Waals surface area contributed by atoms with Crippen molar-refractivity contribution in [1.29, 1.82) is 0 Å². The molecule has 0 unspecified atom stereocenters. The molecule has 8 heteroatoms. The number of methoxy groups -OCH3 is 1. The summed E-state index contributed by atoms with van der Waals surface area (Å²) in [4.78, 5) is 27.5. The van der Waals surface area contributed by atoms with Crippen LogP contribution < -0.4 is 0 Å². The lowest BCUT2D eigenvalue weighted by Crippen LogP contribution is -2.34. The van der Waals surface area contributed by atoms with Gasteiger partial charge in [-0.3, -0.25) is 14.9 Å². The molecule has 0 spiro atoms. The van der Waals surface area contributed by atoms with Gasteiger partial charge in [-0.05, 0) is 0 Å². The van der Waals surface area contributed by atoms with Crippen molar-refractivity contribution >= 4 is 23.2 Å². The van der Waals surface area contributed by atoms with E-state index < -0.39 is 10.8 Å². The van der Waals surface area contributed by atoms with Crippen molar-refractivity contribution in [3.63, 3.8) is 0 Å². The molecular weight excluding hydrogens is 286 g/mol. The Hall–Kier alpha value is -1.99. The first kappa shape index (κ1) is 16.1. The third-order valence-corrected chi connectivity index (χ3v) is 2.77. The van der Waals surface area contributed by atoms with Crippen LogP contribution in [0, 0.1) is 10.1 Å². The predicted octanol–water partition coefficient (Wildman–Crippen LogP) is 1.92. The van der Waals surface area contributed by atoms with Gasteiger partial charge < -0.3 is 9.64 Å². The van der Waals surface area contributed by atoms with Crippen LogP contribution >= 0.6 is 11.6 Å². The predicted molar refractivity (Wildman–Crippen MR) is 73.9 cm³/mol. The molecule has 0 aliphatic rings. The maximum absolute atomic E-state index is 12.3. The van der Waals surface area contributed by atoms with Gasteiger partial charge >= 0.3 is 0 Å². The van der Waals surface area contributed by atoms with Crippen LogP contribution in [-0.4, -0.2) is 47.5 Å². The Balaban J connectivity index is 3.06. The van der Waals surface area contributed by atoms with Crippen LogP contribution in [0.2, 0.25) is 5.15 Å². The second kappa shape index (κ2) is 7.56. The zero-order chi connectivity index (χ0) is 15.1. The largest absolute Gasteiger partial charge is 0.383 e. The topological polar surface area (TPSA) is 85.6 Å². The van der Waals surface area contributed by atoms with Crippen molar-refractivity contribution in [3.05, 3.63) is 45.7 Å². The monoisotopic (exact) mass is 299 g/mol. The van der Waals surface area contributed by atoms with Crippen LogP contribution in [0.4, 0.5) is 5.69 Å². The van der Waals surface area contributed by atoms with Crippen molar-refractivity contribution in [2.24, 2.45) is 0 Å². The molecule has 1 amide bonds. The Morgan fingerprint density at radius 3 is 2.95 bits per heavy atom. The van der Waals surface area contributed by atoms with Gasteiger partial charge in [0.1, 0.15) is 11.3 Å². The fraction of sp³-hybridized carbons (Fsp3) is 0.333. The zero-order valence-corrected chi connectivity index (χ0v) is 11.7. The average molecular weight is 300 g/mol. The molecule has 1 aromatic rings. The summed E-state index contributed by atoms with van der Waals surface area (Å²) in [5, 5.41) is 10.6. The molecule has 108 valence electrons. The van der Waals surface area contributed by atoms with Crippen molar-refractivity contribution in [1.82, 2.24) is 9.88 Å². The summed E-state index contributed by atoms with van der Waals surface area (Å²) in [6.45, 7) is 4.49. The standard InChI is InChI=1S/C12H14ClN3O4/c1-3-4-15(5-6-20-2)12(17)10-7-9(16(18)19)8-14-11(10)13/h3,7-8H,1,4-6H2,2H3. The molecule has 0 aromatic carbocycles. The van der Waals surface area contributed by atoms with Crippen LogP contribution in [0.5, 0.6) is 0 Å². The molecule has 1 rings (SSSR count). The first-order valence-electron chi connectivity index (χ1n) is 5.70. The molecule has 0 aliphatic carbocycles. The van der Waals surface area contributed by atoms with Gasteiger partial charge in [0.05, 0.1) is 17.1 Å². The number of halogens is 1. The van der Waals surface area contributed by atoms with Gasteiger partial charge in [-0.2, -0.15) is 0 Å². The normalized spacial score (nSPS) is 10.1. The molecule has 0 aliphatic heterocycles. The van der Waals surface area contributed by atoms with Crippen LogP contribution in [0.15, 0.2) is 24.9 Å². The van der Waals surface area contributed by atoms with Crippen molar-refractivity contribution in [2.75, 3.05) is 26.8 Å². The number of nitrogens with zero attached hydrogens (tertiary/aromatic N) is 3. The summed E-state index contributed by atoms with van der Waals surface area (Å²) in [5.74, 6) is -0.455. The van der Waals surface area contributed by atoms with E-state index in [1.54, 1.807) is 6.08 Å². The summed E-state index contributed by atoms with van der Waals surface area (Å²) >= 11 is 5.84. The summed E-state index contributed by atoms with van der Waals surface area (Å²) in [6.07, 6.45) is 2.55. The number of amides is 1. The van der Waals surface area contributed by atoms with Gasteiger partial charge in [0.2, 0.25) is 0 Å². The van der Waals surface area contributed by atoms with Crippen LogP contribution in [0.25, 0.3) is 0 Å². The Morgan fingerprint density at radius 2 is 2.40 bits per heavy atom. The molecule has 0 fully saturated rings. The zero-order valence-electron chi connectivity index (χ0n) is 10.9. The molecule has 20 heavy (non-hydrogen) atoms. The molecule has 0 bridgehead atoms. The lowest BCUT2D eigenvalue weighted by atomic mass is 10.2. The van der Waals surface area contributed by atoms with E-state index in [0.29, 0.717) is 13.2 Å². The van der Waals surface area contributed by atoms with Crippen molar-refractivity contribution in [2.45, 2.75) is 0 Å². The Labute approximate surface area is 121 Å². The van der Waals surface area contributed by atoms with Crippen LogP contribution in [0.1, 0.15) is 10.4 Å². The quantitative estimate of drug-likeness (QED) is 0.332. The molecule has 0 saturated heterocycles. The number of aromatic nitrogens is 1. The summed E-state index contributed by atoms with van der Waals surface area (Å²) in [5.41, 5.74) is -0.304. The minimum atomic E-state index is -0.632. The van der Waals surface area contributed by atoms with Gasteiger partial charge in [-0.25, -0.2) is 4.98 Å². The lowest BCUT2D eigenvalue weighted by Gasteiger charge is -2.20. The lowest BCUT2D eigenvalue weighted by molar-refractivity contribution is -0.385. The van der Waals surface area contributed by atoms with E-state index in [2.05, 4.69) is 11.6 Å². The van der Waals surface area contributed by atoms with Gasteiger partial charge in [0, 0.05) is 26.3 Å². The second-order valence-corrected chi connectivity index (χ2v) is 4.18. The average Bonchev–Trinajstić information content (AvgIpc) is 2.43. The number of ether oxygens (including phenoxy) is 1. The number of nitro groups is 1. The van der Waals surface area contributed by atoms with E-state index in [1.165, 1.54) is 12.0 Å². The van der Waals surface area contributed by atoms with Crippen LogP contribution in [0.3, 0.4) is 0 Å². The van der Waals surface area contributed by atoms with Gasteiger partial charge in [-0.15, -0.1) is 6.58 Å². The smallest absolute Gasteiger partial charge is 0.288 e. The SMILES string of the molecule is C=CCN(CCOC)C(=O)c1cc([N+](=O)[O-])cnc1Cl. The Kier molecular flexibility index (Phi) is 6.08. The Bertz CT molecular complexity index is 521. The first-order valence-corrected chi connectivity index (χ1v) is 6.08. The number of rotatable bonds is 7. The van der Waals surface area contributed by atoms with E-state index in [-0.39, 0.29) is 22.9 Å². The molecule has 1 heterocycles. The third kappa shape index (κ3) is 4.01. The molecule has 0 atom stereocenters. The van der Waals surface area contributed by atoms with E-state index in [1.807, 2.05) is 0 Å². The number of hydrogen-bond acceptors (Lipinski definition) is 5. The highest BCUT2D eigenvalue weighted by molar-refractivity contribution is 6.32. The summed E-state index contributed by atoms with van der Waals surface area (Å²) < 4.78 is 4.91. The minimum Gasteiger partial charge on any atom is -0.383 e. The second-order valence-electron chi connectivity index (χ2n) is 3.82. The molecule has 0 saturated carbocycles. The highest BCUT2D eigenvalue weighted by Crippen LogP contribution is 2.20. The van der Waals surface area contributed by atoms with Gasteiger partial charge in [0.15, 0.2) is 0 Å². The number of pyridine rings is 1. The first-order chi connectivity index (χ1) is 9.51. The van der Waals surface area contributed by atoms with E-state index in [0.717, 1.165) is 12.3 Å². The maximum Gasteiger partial charge on any atom is 0.288 e. The number of hydrogen-bond donors (Lipinski definition) is 0.